The van der Waals surface area contributed by atoms with Crippen LogP contribution in [0.4, 0.5) is 0 Å². The van der Waals surface area contributed by atoms with Gasteiger partial charge in [-0.05, 0) is 34.9 Å². The van der Waals surface area contributed by atoms with Crippen LogP contribution in [0.5, 0.6) is 0 Å². The average Bonchev–Trinajstić information content (AvgIpc) is 3.17. The van der Waals surface area contributed by atoms with Crippen LogP contribution >= 0.6 is 0 Å². The molecule has 0 bridgehead atoms. The molecule has 9 aromatic rings. The fourth-order valence-electron chi connectivity index (χ4n) is 6.50. The van der Waals surface area contributed by atoms with Crippen molar-refractivity contribution in [2.24, 2.45) is 0 Å². The van der Waals surface area contributed by atoms with Gasteiger partial charge in [-0.1, -0.05) is 152 Å². The van der Waals surface area contributed by atoms with Gasteiger partial charge in [0.2, 0.25) is 0 Å². The Labute approximate surface area is 278 Å². The van der Waals surface area contributed by atoms with E-state index >= 15 is 0 Å². The molecule has 0 aliphatic rings. The quantitative estimate of drug-likeness (QED) is 0.143. The number of rotatable bonds is 5. The molecule has 9 rings (SSSR count). The Morgan fingerprint density at radius 1 is 0.312 bits per heavy atom. The van der Waals surface area contributed by atoms with E-state index < -0.39 is 0 Å². The van der Waals surface area contributed by atoms with Gasteiger partial charge in [0.1, 0.15) is 0 Å². The van der Waals surface area contributed by atoms with Crippen molar-refractivity contribution in [1.82, 2.24) is 19.9 Å². The van der Waals surface area contributed by atoms with E-state index in [0.717, 1.165) is 72.0 Å². The van der Waals surface area contributed by atoms with Gasteiger partial charge >= 0.3 is 0 Å². The van der Waals surface area contributed by atoms with E-state index in [-0.39, 0.29) is 0 Å². The van der Waals surface area contributed by atoms with E-state index in [2.05, 4.69) is 115 Å². The monoisotopic (exact) mass is 612 g/mol. The normalized spacial score (nSPS) is 11.3. The highest BCUT2D eigenvalue weighted by Crippen LogP contribution is 2.38. The van der Waals surface area contributed by atoms with Crippen LogP contribution in [0, 0.1) is 0 Å². The summed E-state index contributed by atoms with van der Waals surface area (Å²) in [6.07, 6.45) is 0. The average molecular weight is 613 g/mol. The Bertz CT molecular complexity index is 2580. The fourth-order valence-corrected chi connectivity index (χ4v) is 6.50. The molecule has 0 spiro atoms. The number of fused-ring (bicyclic) bond motifs is 4. The first-order chi connectivity index (χ1) is 23.8. The second kappa shape index (κ2) is 11.7. The summed E-state index contributed by atoms with van der Waals surface area (Å²) in [7, 11) is 0. The maximum atomic E-state index is 5.29. The van der Waals surface area contributed by atoms with E-state index in [0.29, 0.717) is 5.82 Å². The van der Waals surface area contributed by atoms with E-state index in [1.165, 1.54) is 11.1 Å². The largest absolute Gasteiger partial charge is 0.245 e. The molecular weight excluding hydrogens is 585 g/mol. The first kappa shape index (κ1) is 27.8. The van der Waals surface area contributed by atoms with Crippen LogP contribution in [0.15, 0.2) is 170 Å². The summed E-state index contributed by atoms with van der Waals surface area (Å²) < 4.78 is 0. The highest BCUT2D eigenvalue weighted by molar-refractivity contribution is 6.16. The molecule has 6 aromatic carbocycles. The zero-order valence-electron chi connectivity index (χ0n) is 26.0. The van der Waals surface area contributed by atoms with Gasteiger partial charge in [-0.3, -0.25) is 0 Å². The molecule has 224 valence electrons. The predicted molar refractivity (Wildman–Crippen MR) is 197 cm³/mol. The molecule has 0 aliphatic carbocycles. The minimum absolute atomic E-state index is 0.658. The molecule has 0 unspecified atom stereocenters. The SMILES string of the molecule is c1ccc(-c2ccc(-c3cc(-c4ccc5ccc6c(-c7ccccc7)c7ccccc7nc6c5n4)nc(-c4ccccc4)n3)cc2)cc1. The van der Waals surface area contributed by atoms with Crippen molar-refractivity contribution in [3.05, 3.63) is 170 Å². The molecule has 0 atom stereocenters. The lowest BCUT2D eigenvalue weighted by Crippen LogP contribution is -1.98. The van der Waals surface area contributed by atoms with Gasteiger partial charge in [0.05, 0.1) is 33.6 Å². The Hall–Kier alpha value is -6.52. The van der Waals surface area contributed by atoms with Gasteiger partial charge in [-0.15, -0.1) is 0 Å². The first-order valence-corrected chi connectivity index (χ1v) is 16.1. The van der Waals surface area contributed by atoms with Crippen LogP contribution < -0.4 is 0 Å². The third-order valence-corrected chi connectivity index (χ3v) is 8.88. The van der Waals surface area contributed by atoms with Crippen LogP contribution in [0.25, 0.3) is 89.0 Å². The molecular formula is C44H28N4. The summed E-state index contributed by atoms with van der Waals surface area (Å²) >= 11 is 0. The van der Waals surface area contributed by atoms with Crippen LogP contribution in [0.1, 0.15) is 0 Å². The fraction of sp³-hybridized carbons (Fsp3) is 0. The molecule has 0 N–H and O–H groups in total. The lowest BCUT2D eigenvalue weighted by Gasteiger charge is -2.14. The van der Waals surface area contributed by atoms with Gasteiger partial charge in [-0.2, -0.15) is 0 Å². The predicted octanol–water partition coefficient (Wildman–Crippen LogP) is 11.1. The lowest BCUT2D eigenvalue weighted by molar-refractivity contribution is 1.17. The molecule has 3 heterocycles. The lowest BCUT2D eigenvalue weighted by atomic mass is 9.95. The Balaban J connectivity index is 1.24. The first-order valence-electron chi connectivity index (χ1n) is 16.1. The summed E-state index contributed by atoms with van der Waals surface area (Å²) in [5.74, 6) is 0.658. The summed E-state index contributed by atoms with van der Waals surface area (Å²) in [4.78, 5) is 20.6. The summed E-state index contributed by atoms with van der Waals surface area (Å²) in [6, 6.07) is 58.5. The van der Waals surface area contributed by atoms with Crippen molar-refractivity contribution in [1.29, 1.82) is 0 Å². The number of aromatic nitrogens is 4. The van der Waals surface area contributed by atoms with E-state index in [9.17, 15) is 0 Å². The highest BCUT2D eigenvalue weighted by Gasteiger charge is 2.16. The molecule has 3 aromatic heterocycles. The minimum atomic E-state index is 0.658. The third-order valence-electron chi connectivity index (χ3n) is 8.88. The standard InChI is InChI=1S/C44H28N4/c1-4-12-29(13-5-1)30-20-22-31(23-21-30)39-28-40(48-44(47-39)34-16-8-3-9-17-34)38-27-25-33-24-26-36-41(32-14-6-2-7-15-32)35-18-10-11-19-37(35)45-43(36)42(33)46-38/h1-28H. The summed E-state index contributed by atoms with van der Waals surface area (Å²) in [6.45, 7) is 0. The number of hydrogen-bond acceptors (Lipinski definition) is 4. The number of pyridine rings is 2. The number of nitrogens with zero attached hydrogens (tertiary/aromatic N) is 4. The molecule has 4 heteroatoms. The topological polar surface area (TPSA) is 51.6 Å². The van der Waals surface area contributed by atoms with Gasteiger partial charge in [0, 0.05) is 32.8 Å². The second-order valence-electron chi connectivity index (χ2n) is 11.9. The van der Waals surface area contributed by atoms with Crippen molar-refractivity contribution in [3.8, 4) is 56.3 Å². The van der Waals surface area contributed by atoms with Crippen LogP contribution in [-0.2, 0) is 0 Å². The molecule has 0 amide bonds. The van der Waals surface area contributed by atoms with Crippen LogP contribution in [0.3, 0.4) is 0 Å². The Kier molecular flexibility index (Phi) is 6.76. The number of benzene rings is 6. The van der Waals surface area contributed by atoms with Crippen LogP contribution in [-0.4, -0.2) is 19.9 Å². The molecule has 0 saturated carbocycles. The van der Waals surface area contributed by atoms with Gasteiger partial charge in [0.25, 0.3) is 0 Å². The van der Waals surface area contributed by atoms with Crippen molar-refractivity contribution >= 4 is 32.7 Å². The second-order valence-corrected chi connectivity index (χ2v) is 11.9. The van der Waals surface area contributed by atoms with Crippen molar-refractivity contribution in [2.45, 2.75) is 0 Å². The maximum Gasteiger partial charge on any atom is 0.160 e. The summed E-state index contributed by atoms with van der Waals surface area (Å²) in [5.41, 5.74) is 11.7. The molecule has 0 aliphatic heterocycles. The Morgan fingerprint density at radius 3 is 1.65 bits per heavy atom. The van der Waals surface area contributed by atoms with E-state index in [4.69, 9.17) is 19.9 Å². The van der Waals surface area contributed by atoms with E-state index in [1.54, 1.807) is 0 Å². The van der Waals surface area contributed by atoms with Gasteiger partial charge < -0.3 is 0 Å². The number of para-hydroxylation sites is 1. The highest BCUT2D eigenvalue weighted by atomic mass is 14.9. The Morgan fingerprint density at radius 2 is 0.896 bits per heavy atom. The summed E-state index contributed by atoms with van der Waals surface area (Å²) in [5, 5.41) is 3.23. The third kappa shape index (κ3) is 4.97. The molecule has 4 nitrogen and oxygen atoms in total. The molecule has 0 saturated heterocycles. The van der Waals surface area contributed by atoms with Gasteiger partial charge in [0.15, 0.2) is 5.82 Å². The zero-order valence-corrected chi connectivity index (χ0v) is 26.0. The number of hydrogen-bond donors (Lipinski definition) is 0. The van der Waals surface area contributed by atoms with Gasteiger partial charge in [-0.25, -0.2) is 19.9 Å². The van der Waals surface area contributed by atoms with Crippen LogP contribution in [0.2, 0.25) is 0 Å². The molecule has 0 radical (unpaired) electrons. The van der Waals surface area contributed by atoms with Crippen molar-refractivity contribution in [2.75, 3.05) is 0 Å². The smallest absolute Gasteiger partial charge is 0.160 e. The van der Waals surface area contributed by atoms with E-state index in [1.807, 2.05) is 54.6 Å². The van der Waals surface area contributed by atoms with Crippen molar-refractivity contribution < 1.29 is 0 Å². The van der Waals surface area contributed by atoms with Crippen molar-refractivity contribution in [3.63, 3.8) is 0 Å². The minimum Gasteiger partial charge on any atom is -0.245 e. The maximum absolute atomic E-state index is 5.29. The molecule has 48 heavy (non-hydrogen) atoms. The zero-order chi connectivity index (χ0) is 31.9. The molecule has 0 fully saturated rings.